The molecule has 1 aliphatic heterocycles. The number of carbonyl (C=O) groups is 2. The molecule has 0 radical (unpaired) electrons. The normalized spacial score (nSPS) is 18.6. The van der Waals surface area contributed by atoms with Gasteiger partial charge in [-0.3, -0.25) is 9.59 Å². The first-order valence-corrected chi connectivity index (χ1v) is 8.49. The summed E-state index contributed by atoms with van der Waals surface area (Å²) < 4.78 is 0.700. The van der Waals surface area contributed by atoms with Crippen LogP contribution in [0.2, 0.25) is 4.34 Å². The van der Waals surface area contributed by atoms with E-state index in [9.17, 15) is 9.59 Å². The van der Waals surface area contributed by atoms with Crippen LogP contribution in [0.15, 0.2) is 24.8 Å². The van der Waals surface area contributed by atoms with Crippen molar-refractivity contribution in [2.75, 3.05) is 18.1 Å². The Morgan fingerprint density at radius 1 is 1.55 bits per heavy atom. The zero-order chi connectivity index (χ0) is 14.5. The second-order valence-electron chi connectivity index (χ2n) is 4.25. The van der Waals surface area contributed by atoms with E-state index in [1.165, 1.54) is 17.4 Å². The standard InChI is InChI=1S/C13H15ClN2O2S2/c1-2-12(17)16-5-6-19-8-10(16)13(18)15-7-9-3-4-11(14)20-9/h2-4,10H,1,5-8H2,(H,15,18). The molecule has 20 heavy (non-hydrogen) atoms. The molecule has 2 rings (SSSR count). The maximum absolute atomic E-state index is 12.2. The van der Waals surface area contributed by atoms with E-state index in [4.69, 9.17) is 11.6 Å². The van der Waals surface area contributed by atoms with Crippen molar-refractivity contribution in [2.45, 2.75) is 12.6 Å². The van der Waals surface area contributed by atoms with Crippen LogP contribution < -0.4 is 5.32 Å². The molecular formula is C13H15ClN2O2S2. The van der Waals surface area contributed by atoms with Crippen molar-refractivity contribution in [3.8, 4) is 0 Å². The van der Waals surface area contributed by atoms with E-state index in [1.54, 1.807) is 22.7 Å². The van der Waals surface area contributed by atoms with Gasteiger partial charge in [-0.2, -0.15) is 11.8 Å². The minimum atomic E-state index is -0.422. The van der Waals surface area contributed by atoms with Crippen molar-refractivity contribution >= 4 is 46.5 Å². The van der Waals surface area contributed by atoms with Crippen molar-refractivity contribution in [3.05, 3.63) is 34.0 Å². The van der Waals surface area contributed by atoms with E-state index >= 15 is 0 Å². The van der Waals surface area contributed by atoms with Crippen molar-refractivity contribution in [3.63, 3.8) is 0 Å². The zero-order valence-corrected chi connectivity index (χ0v) is 13.2. The number of nitrogens with zero attached hydrogens (tertiary/aromatic N) is 1. The molecule has 1 unspecified atom stereocenters. The maximum atomic E-state index is 12.2. The van der Waals surface area contributed by atoms with Crippen LogP contribution in [0.25, 0.3) is 0 Å². The third kappa shape index (κ3) is 3.77. The summed E-state index contributed by atoms with van der Waals surface area (Å²) in [4.78, 5) is 26.6. The van der Waals surface area contributed by atoms with Gasteiger partial charge in [0.2, 0.25) is 11.8 Å². The molecule has 0 spiro atoms. The Kier molecular flexibility index (Phi) is 5.51. The van der Waals surface area contributed by atoms with Crippen LogP contribution in [-0.2, 0) is 16.1 Å². The topological polar surface area (TPSA) is 49.4 Å². The Labute approximate surface area is 131 Å². The van der Waals surface area contributed by atoms with E-state index in [1.807, 2.05) is 6.07 Å². The first kappa shape index (κ1) is 15.4. The summed E-state index contributed by atoms with van der Waals surface area (Å²) in [6, 6.07) is 3.27. The Bertz CT molecular complexity index is 518. The van der Waals surface area contributed by atoms with Gasteiger partial charge in [0.05, 0.1) is 10.9 Å². The van der Waals surface area contributed by atoms with Gasteiger partial charge in [-0.15, -0.1) is 11.3 Å². The molecule has 1 fully saturated rings. The van der Waals surface area contributed by atoms with Gasteiger partial charge >= 0.3 is 0 Å². The van der Waals surface area contributed by atoms with E-state index < -0.39 is 6.04 Å². The van der Waals surface area contributed by atoms with Crippen LogP contribution in [-0.4, -0.2) is 40.8 Å². The molecule has 1 saturated heterocycles. The van der Waals surface area contributed by atoms with Gasteiger partial charge in [-0.1, -0.05) is 18.2 Å². The van der Waals surface area contributed by atoms with Crippen LogP contribution in [0.5, 0.6) is 0 Å². The number of carbonyl (C=O) groups excluding carboxylic acids is 2. The molecule has 108 valence electrons. The van der Waals surface area contributed by atoms with Crippen LogP contribution in [0.4, 0.5) is 0 Å². The summed E-state index contributed by atoms with van der Waals surface area (Å²) in [5.41, 5.74) is 0. The van der Waals surface area contributed by atoms with Crippen molar-refractivity contribution in [1.82, 2.24) is 10.2 Å². The van der Waals surface area contributed by atoms with Gasteiger partial charge in [0.1, 0.15) is 6.04 Å². The van der Waals surface area contributed by atoms with Crippen LogP contribution >= 0.6 is 34.7 Å². The molecule has 1 aromatic heterocycles. The molecule has 1 atom stereocenters. The first-order chi connectivity index (χ1) is 9.61. The number of amides is 2. The Hall–Kier alpha value is -0.980. The maximum Gasteiger partial charge on any atom is 0.246 e. The lowest BCUT2D eigenvalue weighted by Gasteiger charge is -2.33. The highest BCUT2D eigenvalue weighted by molar-refractivity contribution is 7.99. The highest BCUT2D eigenvalue weighted by Crippen LogP contribution is 2.21. The fourth-order valence-electron chi connectivity index (χ4n) is 1.94. The van der Waals surface area contributed by atoms with Crippen molar-refractivity contribution < 1.29 is 9.59 Å². The molecule has 0 bridgehead atoms. The summed E-state index contributed by atoms with van der Waals surface area (Å²) in [5.74, 6) is 1.15. The summed E-state index contributed by atoms with van der Waals surface area (Å²) >= 11 is 8.96. The third-order valence-electron chi connectivity index (χ3n) is 2.95. The smallest absolute Gasteiger partial charge is 0.246 e. The predicted molar refractivity (Wildman–Crippen MR) is 84.2 cm³/mol. The molecule has 4 nitrogen and oxygen atoms in total. The van der Waals surface area contributed by atoms with Gasteiger partial charge in [-0.05, 0) is 18.2 Å². The van der Waals surface area contributed by atoms with Gasteiger partial charge < -0.3 is 10.2 Å². The summed E-state index contributed by atoms with van der Waals surface area (Å²) in [6.45, 7) is 4.50. The Balaban J connectivity index is 1.95. The summed E-state index contributed by atoms with van der Waals surface area (Å²) in [6.07, 6.45) is 1.26. The van der Waals surface area contributed by atoms with E-state index in [0.717, 1.165) is 10.6 Å². The van der Waals surface area contributed by atoms with Crippen LogP contribution in [0, 0.1) is 0 Å². The molecule has 1 aliphatic rings. The molecule has 1 N–H and O–H groups in total. The number of hydrogen-bond donors (Lipinski definition) is 1. The van der Waals surface area contributed by atoms with Crippen molar-refractivity contribution in [1.29, 1.82) is 0 Å². The minimum absolute atomic E-state index is 0.128. The van der Waals surface area contributed by atoms with Gasteiger partial charge in [-0.25, -0.2) is 0 Å². The molecule has 2 heterocycles. The first-order valence-electron chi connectivity index (χ1n) is 6.14. The number of thiophene rings is 1. The predicted octanol–water partition coefficient (Wildman–Crippen LogP) is 2.15. The summed E-state index contributed by atoms with van der Waals surface area (Å²) in [7, 11) is 0. The molecule has 7 heteroatoms. The highest BCUT2D eigenvalue weighted by atomic mass is 35.5. The van der Waals surface area contributed by atoms with Gasteiger partial charge in [0.25, 0.3) is 0 Å². The average Bonchev–Trinajstić information content (AvgIpc) is 2.89. The molecule has 1 aromatic rings. The van der Waals surface area contributed by atoms with E-state index in [2.05, 4.69) is 11.9 Å². The molecule has 0 saturated carbocycles. The Morgan fingerprint density at radius 3 is 3.00 bits per heavy atom. The van der Waals surface area contributed by atoms with Crippen LogP contribution in [0.1, 0.15) is 4.88 Å². The summed E-state index contributed by atoms with van der Waals surface area (Å²) in [5, 5.41) is 2.86. The lowest BCUT2D eigenvalue weighted by Crippen LogP contribution is -2.53. The largest absolute Gasteiger partial charge is 0.349 e. The Morgan fingerprint density at radius 2 is 2.35 bits per heavy atom. The fourth-order valence-corrected chi connectivity index (χ4v) is 4.02. The van der Waals surface area contributed by atoms with Gasteiger partial charge in [0.15, 0.2) is 0 Å². The van der Waals surface area contributed by atoms with Gasteiger partial charge in [0, 0.05) is 22.9 Å². The zero-order valence-electron chi connectivity index (χ0n) is 10.8. The number of nitrogens with one attached hydrogen (secondary N) is 1. The average molecular weight is 331 g/mol. The SMILES string of the molecule is C=CC(=O)N1CCSCC1C(=O)NCc1ccc(Cl)s1. The van der Waals surface area contributed by atoms with E-state index in [-0.39, 0.29) is 11.8 Å². The van der Waals surface area contributed by atoms with Crippen molar-refractivity contribution in [2.24, 2.45) is 0 Å². The number of halogens is 1. The molecule has 0 aromatic carbocycles. The molecular weight excluding hydrogens is 316 g/mol. The third-order valence-corrected chi connectivity index (χ3v) is 5.21. The second kappa shape index (κ2) is 7.15. The quantitative estimate of drug-likeness (QED) is 0.861. The van der Waals surface area contributed by atoms with Crippen LogP contribution in [0.3, 0.4) is 0 Å². The van der Waals surface area contributed by atoms with E-state index in [0.29, 0.717) is 23.2 Å². The minimum Gasteiger partial charge on any atom is -0.349 e. The number of rotatable bonds is 4. The molecule has 0 aliphatic carbocycles. The fraction of sp³-hybridized carbons (Fsp3) is 0.385. The number of hydrogen-bond acceptors (Lipinski definition) is 4. The number of thioether (sulfide) groups is 1. The second-order valence-corrected chi connectivity index (χ2v) is 7.20. The highest BCUT2D eigenvalue weighted by Gasteiger charge is 2.31. The molecule has 2 amide bonds. The lowest BCUT2D eigenvalue weighted by atomic mass is 10.2. The lowest BCUT2D eigenvalue weighted by molar-refractivity contribution is -0.136. The monoisotopic (exact) mass is 330 g/mol.